The van der Waals surface area contributed by atoms with E-state index >= 15 is 0 Å². The van der Waals surface area contributed by atoms with Crippen molar-refractivity contribution < 1.29 is 0 Å². The highest BCUT2D eigenvalue weighted by molar-refractivity contribution is 5.98. The van der Waals surface area contributed by atoms with Crippen molar-refractivity contribution in [1.82, 2.24) is 15.2 Å². The Bertz CT molecular complexity index is 873. The van der Waals surface area contributed by atoms with Crippen LogP contribution in [0.1, 0.15) is 59.6 Å². The molecule has 8 heteroatoms. The Morgan fingerprint density at radius 2 is 1.43 bits per heavy atom. The van der Waals surface area contributed by atoms with Crippen molar-refractivity contribution in [3.8, 4) is 0 Å². The highest BCUT2D eigenvalue weighted by atomic mass is 15.5. The third kappa shape index (κ3) is 13.8. The topological polar surface area (TPSA) is 107 Å². The summed E-state index contributed by atoms with van der Waals surface area (Å²) in [6.07, 6.45) is 0. The number of benzene rings is 2. The van der Waals surface area contributed by atoms with Gasteiger partial charge in [0.1, 0.15) is 5.84 Å². The standard InChI is InChI=1S/C18H32N8.C7H8.2C2H6/c1-13(2)25(4)24-16-7-5-15(6-8-16)18(20)23-22-17(19)14(3)26-11-9-21-10-12-26;1-7-5-3-2-4-6-7;2*1-2/h5-8,13-14,21,24H,9-12H2,1-4H3,(H2,19,22)(H2,20,23);2-6H,1H3;2*1-2H3. The maximum absolute atomic E-state index is 6.09. The van der Waals surface area contributed by atoms with E-state index < -0.39 is 0 Å². The Balaban J connectivity index is 0.000000988. The molecule has 0 saturated carbocycles. The summed E-state index contributed by atoms with van der Waals surface area (Å²) in [6.45, 7) is 20.2. The molecule has 0 bridgehead atoms. The van der Waals surface area contributed by atoms with Crippen molar-refractivity contribution in [2.45, 2.75) is 67.5 Å². The third-order valence-corrected chi connectivity index (χ3v) is 5.60. The summed E-state index contributed by atoms with van der Waals surface area (Å²) < 4.78 is 0. The second-order valence-corrected chi connectivity index (χ2v) is 8.52. The van der Waals surface area contributed by atoms with E-state index in [1.54, 1.807) is 0 Å². The van der Waals surface area contributed by atoms with E-state index in [1.807, 2.05) is 89.1 Å². The number of aryl methyl sites for hydroxylation is 1. The Morgan fingerprint density at radius 1 is 0.892 bits per heavy atom. The van der Waals surface area contributed by atoms with Gasteiger partial charge in [0.2, 0.25) is 0 Å². The smallest absolute Gasteiger partial charge is 0.153 e. The molecule has 1 unspecified atom stereocenters. The van der Waals surface area contributed by atoms with Crippen LogP contribution in [0.5, 0.6) is 0 Å². The molecule has 8 nitrogen and oxygen atoms in total. The van der Waals surface area contributed by atoms with Gasteiger partial charge in [-0.05, 0) is 52.0 Å². The van der Waals surface area contributed by atoms with Crippen LogP contribution in [0, 0.1) is 6.92 Å². The first-order chi connectivity index (χ1) is 17.8. The fourth-order valence-corrected chi connectivity index (χ4v) is 3.09. The fourth-order valence-electron chi connectivity index (χ4n) is 3.09. The normalized spacial score (nSPS) is 14.9. The van der Waals surface area contributed by atoms with Crippen molar-refractivity contribution in [2.75, 3.05) is 38.7 Å². The van der Waals surface area contributed by atoms with Gasteiger partial charge in [0, 0.05) is 50.5 Å². The van der Waals surface area contributed by atoms with Crippen LogP contribution in [0.3, 0.4) is 0 Å². The highest BCUT2D eigenvalue weighted by Crippen LogP contribution is 2.11. The SMILES string of the molecule is CC.CC.CC(/C(N)=N\N=C(/N)c1ccc(NN(C)C(C)C)cc1)N1CCNCC1.Cc1ccccc1. The molecule has 0 aliphatic carbocycles. The van der Waals surface area contributed by atoms with Crippen LogP contribution in [0.2, 0.25) is 0 Å². The van der Waals surface area contributed by atoms with Gasteiger partial charge in [-0.1, -0.05) is 63.6 Å². The molecule has 0 spiro atoms. The lowest BCUT2D eigenvalue weighted by atomic mass is 10.2. The van der Waals surface area contributed by atoms with Gasteiger partial charge in [-0.25, -0.2) is 5.01 Å². The zero-order valence-corrected chi connectivity index (χ0v) is 24.6. The summed E-state index contributed by atoms with van der Waals surface area (Å²) in [5, 5.41) is 13.6. The summed E-state index contributed by atoms with van der Waals surface area (Å²) in [5.41, 5.74) is 18.6. The number of amidine groups is 2. The summed E-state index contributed by atoms with van der Waals surface area (Å²) in [4.78, 5) is 2.28. The first-order valence-electron chi connectivity index (χ1n) is 13.5. The zero-order valence-electron chi connectivity index (χ0n) is 24.6. The number of anilines is 1. The molecular weight excluding hydrogens is 460 g/mol. The van der Waals surface area contributed by atoms with Gasteiger partial charge in [-0.2, -0.15) is 0 Å². The Hall–Kier alpha value is -2.94. The largest absolute Gasteiger partial charge is 0.384 e. The molecular formula is C29H52N8. The van der Waals surface area contributed by atoms with E-state index in [1.165, 1.54) is 5.56 Å². The summed E-state index contributed by atoms with van der Waals surface area (Å²) in [7, 11) is 2.01. The number of nitrogens with one attached hydrogen (secondary N) is 2. The number of piperazine rings is 1. The van der Waals surface area contributed by atoms with Crippen LogP contribution < -0.4 is 22.2 Å². The summed E-state index contributed by atoms with van der Waals surface area (Å²) in [6, 6.07) is 18.5. The molecule has 1 saturated heterocycles. The minimum atomic E-state index is 0.0480. The lowest BCUT2D eigenvalue weighted by Crippen LogP contribution is -2.51. The molecule has 6 N–H and O–H groups in total. The van der Waals surface area contributed by atoms with Crippen molar-refractivity contribution in [1.29, 1.82) is 0 Å². The molecule has 0 aromatic heterocycles. The van der Waals surface area contributed by atoms with E-state index in [0.717, 1.165) is 37.4 Å². The zero-order chi connectivity index (χ0) is 28.2. The van der Waals surface area contributed by atoms with Gasteiger partial charge in [-0.3, -0.25) is 4.90 Å². The predicted molar refractivity (Wildman–Crippen MR) is 163 cm³/mol. The van der Waals surface area contributed by atoms with Gasteiger partial charge in [0.15, 0.2) is 5.84 Å². The number of hydrogen-bond donors (Lipinski definition) is 4. The van der Waals surface area contributed by atoms with Crippen LogP contribution in [0.15, 0.2) is 64.8 Å². The maximum Gasteiger partial charge on any atom is 0.153 e. The average molecular weight is 513 g/mol. The molecule has 37 heavy (non-hydrogen) atoms. The Morgan fingerprint density at radius 3 is 1.89 bits per heavy atom. The first kappa shape index (κ1) is 34.1. The fraction of sp³-hybridized carbons (Fsp3) is 0.517. The minimum Gasteiger partial charge on any atom is -0.384 e. The van der Waals surface area contributed by atoms with E-state index in [9.17, 15) is 0 Å². The monoisotopic (exact) mass is 512 g/mol. The molecule has 0 radical (unpaired) electrons. The minimum absolute atomic E-state index is 0.0480. The molecule has 0 amide bonds. The second kappa shape index (κ2) is 20.2. The van der Waals surface area contributed by atoms with Gasteiger partial charge in [0.25, 0.3) is 0 Å². The van der Waals surface area contributed by atoms with E-state index in [2.05, 4.69) is 58.7 Å². The first-order valence-corrected chi connectivity index (χ1v) is 13.5. The molecule has 2 aromatic carbocycles. The van der Waals surface area contributed by atoms with Crippen molar-refractivity contribution in [3.05, 3.63) is 65.7 Å². The Labute approximate surface area is 226 Å². The van der Waals surface area contributed by atoms with Gasteiger partial charge in [0.05, 0.1) is 6.04 Å². The number of nitrogens with two attached hydrogens (primary N) is 2. The van der Waals surface area contributed by atoms with Crippen LogP contribution >= 0.6 is 0 Å². The predicted octanol–water partition coefficient (Wildman–Crippen LogP) is 4.67. The lowest BCUT2D eigenvalue weighted by Gasteiger charge is -2.31. The quantitative estimate of drug-likeness (QED) is 0.244. The van der Waals surface area contributed by atoms with Crippen LogP contribution in [-0.4, -0.2) is 66.9 Å². The van der Waals surface area contributed by atoms with Crippen molar-refractivity contribution in [2.24, 2.45) is 21.7 Å². The lowest BCUT2D eigenvalue weighted by molar-refractivity contribution is 0.222. The highest BCUT2D eigenvalue weighted by Gasteiger charge is 2.19. The molecule has 208 valence electrons. The average Bonchev–Trinajstić information content (AvgIpc) is 2.95. The van der Waals surface area contributed by atoms with E-state index in [4.69, 9.17) is 11.5 Å². The maximum atomic E-state index is 6.09. The number of rotatable bonds is 7. The molecule has 3 rings (SSSR count). The molecule has 1 fully saturated rings. The number of hydrazine groups is 1. The van der Waals surface area contributed by atoms with Crippen molar-refractivity contribution in [3.63, 3.8) is 0 Å². The van der Waals surface area contributed by atoms with Crippen LogP contribution in [0.25, 0.3) is 0 Å². The molecule has 1 heterocycles. The van der Waals surface area contributed by atoms with Gasteiger partial charge >= 0.3 is 0 Å². The molecule has 1 aliphatic rings. The molecule has 2 aromatic rings. The van der Waals surface area contributed by atoms with Crippen LogP contribution in [0.4, 0.5) is 5.69 Å². The second-order valence-electron chi connectivity index (χ2n) is 8.52. The summed E-state index contributed by atoms with van der Waals surface area (Å²) in [5.74, 6) is 0.830. The number of nitrogens with zero attached hydrogens (tertiary/aromatic N) is 4. The number of hydrogen-bond acceptors (Lipinski definition) is 6. The van der Waals surface area contributed by atoms with E-state index in [-0.39, 0.29) is 6.04 Å². The van der Waals surface area contributed by atoms with Gasteiger partial charge in [-0.15, -0.1) is 10.2 Å². The van der Waals surface area contributed by atoms with Gasteiger partial charge < -0.3 is 22.2 Å². The molecule has 1 atom stereocenters. The third-order valence-electron chi connectivity index (χ3n) is 5.60. The summed E-state index contributed by atoms with van der Waals surface area (Å²) >= 11 is 0. The van der Waals surface area contributed by atoms with E-state index in [0.29, 0.717) is 17.7 Å². The molecule has 1 aliphatic heterocycles. The van der Waals surface area contributed by atoms with Crippen molar-refractivity contribution >= 4 is 17.4 Å². The Kier molecular flexibility index (Phi) is 18.6. The van der Waals surface area contributed by atoms with Crippen LogP contribution in [-0.2, 0) is 0 Å².